The van der Waals surface area contributed by atoms with E-state index in [4.69, 9.17) is 0 Å². The summed E-state index contributed by atoms with van der Waals surface area (Å²) >= 11 is 0. The van der Waals surface area contributed by atoms with Gasteiger partial charge in [-0.05, 0) is 47.8 Å². The van der Waals surface area contributed by atoms with E-state index in [9.17, 15) is 14.0 Å². The average molecular weight is 404 g/mol. The van der Waals surface area contributed by atoms with E-state index in [0.29, 0.717) is 30.2 Å². The summed E-state index contributed by atoms with van der Waals surface area (Å²) in [6.45, 7) is 6.94. The van der Waals surface area contributed by atoms with Gasteiger partial charge >= 0.3 is 5.69 Å². The topological polar surface area (TPSA) is 68.1 Å². The lowest BCUT2D eigenvalue weighted by atomic mass is 10.00. The molecule has 152 valence electrons. The lowest BCUT2D eigenvalue weighted by molar-refractivity contribution is -0.113. The van der Waals surface area contributed by atoms with Gasteiger partial charge in [-0.15, -0.1) is 0 Å². The monoisotopic (exact) mass is 404 g/mol. The van der Waals surface area contributed by atoms with E-state index in [1.54, 1.807) is 24.3 Å². The minimum Gasteiger partial charge on any atom is -0.337 e. The molecule has 0 atom stereocenters. The Morgan fingerprint density at radius 2 is 2.00 bits per heavy atom. The van der Waals surface area contributed by atoms with Gasteiger partial charge in [-0.2, -0.15) is 4.98 Å². The van der Waals surface area contributed by atoms with Crippen molar-refractivity contribution in [2.24, 2.45) is 0 Å². The third kappa shape index (κ3) is 3.91. The molecule has 0 spiro atoms. The molecule has 0 N–H and O–H groups in total. The number of rotatable bonds is 5. The number of hydrogen-bond acceptors (Lipinski definition) is 5. The molecule has 0 saturated carbocycles. The Balaban J connectivity index is 1.44. The second-order valence-electron chi connectivity index (χ2n) is 7.31. The maximum atomic E-state index is 13.1. The second kappa shape index (κ2) is 8.02. The SMILES string of the molecule is C=C1C(Cn2cnc(N3CC=C(c4ccc(F)cc4)CC3)nc2=O)=CC=C1C(C)=O. The van der Waals surface area contributed by atoms with Crippen molar-refractivity contribution >= 4 is 17.3 Å². The Kier molecular flexibility index (Phi) is 5.27. The smallest absolute Gasteiger partial charge is 0.337 e. The molecule has 2 aliphatic rings. The van der Waals surface area contributed by atoms with Crippen LogP contribution >= 0.6 is 0 Å². The number of Topliss-reactive ketones (excluding diaryl/α,β-unsaturated/α-hetero) is 1. The predicted molar refractivity (Wildman–Crippen MR) is 113 cm³/mol. The molecule has 2 aromatic rings. The number of carbonyl (C=O) groups excluding carboxylic acids is 1. The van der Waals surface area contributed by atoms with Crippen molar-refractivity contribution in [2.45, 2.75) is 19.9 Å². The fourth-order valence-corrected chi connectivity index (χ4v) is 3.61. The highest BCUT2D eigenvalue weighted by molar-refractivity contribution is 6.00. The molecule has 2 heterocycles. The highest BCUT2D eigenvalue weighted by atomic mass is 19.1. The molecule has 0 amide bonds. The number of halogens is 1. The van der Waals surface area contributed by atoms with E-state index in [0.717, 1.165) is 23.1 Å². The van der Waals surface area contributed by atoms with Gasteiger partial charge in [-0.25, -0.2) is 14.2 Å². The van der Waals surface area contributed by atoms with Crippen LogP contribution in [0.3, 0.4) is 0 Å². The van der Waals surface area contributed by atoms with Crippen LogP contribution in [0.4, 0.5) is 10.3 Å². The molecule has 6 nitrogen and oxygen atoms in total. The van der Waals surface area contributed by atoms with Crippen LogP contribution in [-0.2, 0) is 11.3 Å². The first-order chi connectivity index (χ1) is 14.4. The second-order valence-corrected chi connectivity index (χ2v) is 7.31. The highest BCUT2D eigenvalue weighted by Gasteiger charge is 2.19. The van der Waals surface area contributed by atoms with Gasteiger partial charge < -0.3 is 4.90 Å². The molecule has 1 aliphatic heterocycles. The highest BCUT2D eigenvalue weighted by Crippen LogP contribution is 2.26. The Labute approximate surface area is 173 Å². The summed E-state index contributed by atoms with van der Waals surface area (Å²) in [5, 5.41) is 0. The van der Waals surface area contributed by atoms with Crippen LogP contribution in [0, 0.1) is 5.82 Å². The van der Waals surface area contributed by atoms with Crippen LogP contribution < -0.4 is 10.6 Å². The van der Waals surface area contributed by atoms with Gasteiger partial charge in [0.15, 0.2) is 5.78 Å². The summed E-state index contributed by atoms with van der Waals surface area (Å²) in [7, 11) is 0. The van der Waals surface area contributed by atoms with Crippen LogP contribution in [0.1, 0.15) is 18.9 Å². The number of anilines is 1. The van der Waals surface area contributed by atoms with Crippen molar-refractivity contribution in [3.63, 3.8) is 0 Å². The van der Waals surface area contributed by atoms with Gasteiger partial charge in [-0.3, -0.25) is 9.36 Å². The Morgan fingerprint density at radius 3 is 2.60 bits per heavy atom. The molecule has 7 heteroatoms. The van der Waals surface area contributed by atoms with Crippen molar-refractivity contribution in [3.05, 3.63) is 94.0 Å². The van der Waals surface area contributed by atoms with Crippen molar-refractivity contribution < 1.29 is 9.18 Å². The van der Waals surface area contributed by atoms with E-state index in [-0.39, 0.29) is 18.1 Å². The number of benzene rings is 1. The first kappa shape index (κ1) is 19.7. The number of allylic oxidation sites excluding steroid dienone is 5. The standard InChI is InChI=1S/C23H21FN4O2/c1-15-19(5-8-21(15)16(2)29)13-28-14-25-22(26-23(28)30)27-11-9-18(10-12-27)17-3-6-20(24)7-4-17/h3-9,14H,1,10-13H2,2H3. The molecule has 1 aromatic heterocycles. The van der Waals surface area contributed by atoms with E-state index < -0.39 is 5.69 Å². The van der Waals surface area contributed by atoms with E-state index in [2.05, 4.69) is 16.5 Å². The Hall–Kier alpha value is -3.61. The molecule has 0 radical (unpaired) electrons. The number of nitrogens with zero attached hydrogens (tertiary/aromatic N) is 4. The summed E-state index contributed by atoms with van der Waals surface area (Å²) in [5.41, 5.74) is 3.72. The third-order valence-electron chi connectivity index (χ3n) is 5.34. The summed E-state index contributed by atoms with van der Waals surface area (Å²) in [6.07, 6.45) is 7.80. The molecular weight excluding hydrogens is 383 g/mol. The minimum atomic E-state index is -0.404. The van der Waals surface area contributed by atoms with Crippen LogP contribution in [0.5, 0.6) is 0 Å². The zero-order valence-electron chi connectivity index (χ0n) is 16.6. The first-order valence-electron chi connectivity index (χ1n) is 9.67. The molecule has 1 aromatic carbocycles. The summed E-state index contributed by atoms with van der Waals surface area (Å²) in [4.78, 5) is 34.5. The van der Waals surface area contributed by atoms with E-state index >= 15 is 0 Å². The van der Waals surface area contributed by atoms with Crippen LogP contribution in [0.25, 0.3) is 5.57 Å². The molecule has 4 rings (SSSR count). The van der Waals surface area contributed by atoms with Crippen molar-refractivity contribution in [1.29, 1.82) is 0 Å². The summed E-state index contributed by atoms with van der Waals surface area (Å²) < 4.78 is 14.5. The molecular formula is C23H21FN4O2. The van der Waals surface area contributed by atoms with Gasteiger partial charge in [0, 0.05) is 18.7 Å². The van der Waals surface area contributed by atoms with Crippen LogP contribution in [0.2, 0.25) is 0 Å². The number of ketones is 1. The molecule has 0 bridgehead atoms. The zero-order valence-corrected chi connectivity index (χ0v) is 16.6. The van der Waals surface area contributed by atoms with Gasteiger partial charge in [-0.1, -0.05) is 36.9 Å². The fourth-order valence-electron chi connectivity index (χ4n) is 3.61. The molecule has 30 heavy (non-hydrogen) atoms. The van der Waals surface area contributed by atoms with Gasteiger partial charge in [0.1, 0.15) is 12.1 Å². The van der Waals surface area contributed by atoms with Crippen molar-refractivity contribution in [3.8, 4) is 0 Å². The number of aromatic nitrogens is 3. The maximum Gasteiger partial charge on any atom is 0.352 e. The van der Waals surface area contributed by atoms with Crippen LogP contribution in [-0.4, -0.2) is 33.4 Å². The Morgan fingerprint density at radius 1 is 1.23 bits per heavy atom. The fraction of sp³-hybridized carbons (Fsp3) is 0.217. The molecule has 0 unspecified atom stereocenters. The molecule has 0 fully saturated rings. The molecule has 0 saturated heterocycles. The third-order valence-corrected chi connectivity index (χ3v) is 5.34. The quantitative estimate of drug-likeness (QED) is 0.766. The Bertz CT molecular complexity index is 1170. The lowest BCUT2D eigenvalue weighted by Gasteiger charge is -2.26. The summed E-state index contributed by atoms with van der Waals surface area (Å²) in [6, 6.07) is 6.45. The number of carbonyl (C=O) groups is 1. The van der Waals surface area contributed by atoms with E-state index in [1.165, 1.54) is 30.0 Å². The van der Waals surface area contributed by atoms with Gasteiger partial charge in [0.2, 0.25) is 5.95 Å². The first-order valence-corrected chi connectivity index (χ1v) is 9.67. The maximum absolute atomic E-state index is 13.1. The largest absolute Gasteiger partial charge is 0.352 e. The van der Waals surface area contributed by atoms with Gasteiger partial charge in [0.25, 0.3) is 0 Å². The number of hydrogen-bond donors (Lipinski definition) is 0. The van der Waals surface area contributed by atoms with Gasteiger partial charge in [0.05, 0.1) is 6.54 Å². The van der Waals surface area contributed by atoms with E-state index in [1.807, 2.05) is 11.0 Å². The minimum absolute atomic E-state index is 0.0524. The van der Waals surface area contributed by atoms with Crippen molar-refractivity contribution in [2.75, 3.05) is 18.0 Å². The van der Waals surface area contributed by atoms with Crippen LogP contribution in [0.15, 0.2) is 76.9 Å². The predicted octanol–water partition coefficient (Wildman–Crippen LogP) is 3.08. The average Bonchev–Trinajstić information content (AvgIpc) is 3.11. The normalized spacial score (nSPS) is 16.3. The summed E-state index contributed by atoms with van der Waals surface area (Å²) in [5.74, 6) is 0.0757. The molecule has 1 aliphatic carbocycles. The zero-order chi connectivity index (χ0) is 21.3. The lowest BCUT2D eigenvalue weighted by Crippen LogP contribution is -2.34. The van der Waals surface area contributed by atoms with Crippen molar-refractivity contribution in [1.82, 2.24) is 14.5 Å².